The van der Waals surface area contributed by atoms with Crippen molar-refractivity contribution in [1.29, 1.82) is 0 Å². The molecule has 1 fully saturated rings. The fraction of sp³-hybridized carbons (Fsp3) is 0. The number of nitrogens with zero attached hydrogens (tertiary/aromatic N) is 1. The van der Waals surface area contributed by atoms with Crippen molar-refractivity contribution in [1.82, 2.24) is 5.32 Å². The Labute approximate surface area is 151 Å². The molecule has 0 spiro atoms. The summed E-state index contributed by atoms with van der Waals surface area (Å²) in [6.07, 6.45) is 1.53. The average Bonchev–Trinajstić information content (AvgIpc) is 2.98. The standard InChI is InChI=1S/C15H8Cl2N2O2S2/c16-8-3-4-12(11(17)6-8)19-14(21)10(13(20)18-15(19)22)7-9-2-1-5-23-9/h1-7H,(H,18,20,22)/b10-7+. The Morgan fingerprint density at radius 2 is 2.00 bits per heavy atom. The highest BCUT2D eigenvalue weighted by molar-refractivity contribution is 7.80. The van der Waals surface area contributed by atoms with Crippen LogP contribution in [0.3, 0.4) is 0 Å². The predicted octanol–water partition coefficient (Wildman–Crippen LogP) is 3.89. The lowest BCUT2D eigenvalue weighted by Crippen LogP contribution is -2.54. The number of thiophene rings is 1. The molecular weight excluding hydrogens is 375 g/mol. The summed E-state index contributed by atoms with van der Waals surface area (Å²) in [4.78, 5) is 26.8. The van der Waals surface area contributed by atoms with Crippen LogP contribution in [0.1, 0.15) is 4.88 Å². The third-order valence-electron chi connectivity index (χ3n) is 3.08. The van der Waals surface area contributed by atoms with Gasteiger partial charge >= 0.3 is 0 Å². The second kappa shape index (κ2) is 6.41. The van der Waals surface area contributed by atoms with Gasteiger partial charge in [0.25, 0.3) is 11.8 Å². The van der Waals surface area contributed by atoms with E-state index in [1.54, 1.807) is 12.1 Å². The maximum atomic E-state index is 12.7. The lowest BCUT2D eigenvalue weighted by molar-refractivity contribution is -0.122. The summed E-state index contributed by atoms with van der Waals surface area (Å²) in [7, 11) is 0. The van der Waals surface area contributed by atoms with Gasteiger partial charge in [0.1, 0.15) is 5.57 Å². The molecular formula is C15H8Cl2N2O2S2. The topological polar surface area (TPSA) is 49.4 Å². The van der Waals surface area contributed by atoms with Crippen LogP contribution in [0.2, 0.25) is 10.0 Å². The van der Waals surface area contributed by atoms with Crippen LogP contribution in [-0.2, 0) is 9.59 Å². The maximum Gasteiger partial charge on any atom is 0.270 e. The number of halogens is 2. The van der Waals surface area contributed by atoms with Crippen molar-refractivity contribution in [2.75, 3.05) is 4.90 Å². The molecule has 1 aliphatic heterocycles. The molecule has 4 nitrogen and oxygen atoms in total. The van der Waals surface area contributed by atoms with Gasteiger partial charge in [0.05, 0.1) is 10.7 Å². The number of hydrogen-bond acceptors (Lipinski definition) is 4. The third-order valence-corrected chi connectivity index (χ3v) is 4.72. The van der Waals surface area contributed by atoms with Crippen LogP contribution in [0, 0.1) is 0 Å². The Morgan fingerprint density at radius 3 is 2.65 bits per heavy atom. The summed E-state index contributed by atoms with van der Waals surface area (Å²) >= 11 is 18.6. The Hall–Kier alpha value is -1.73. The van der Waals surface area contributed by atoms with Gasteiger partial charge in [-0.3, -0.25) is 19.8 Å². The number of hydrogen-bond donors (Lipinski definition) is 1. The van der Waals surface area contributed by atoms with Gasteiger partial charge in [-0.1, -0.05) is 29.3 Å². The molecule has 1 saturated heterocycles. The Bertz CT molecular complexity index is 847. The van der Waals surface area contributed by atoms with Crippen molar-refractivity contribution in [3.63, 3.8) is 0 Å². The van der Waals surface area contributed by atoms with Gasteiger partial charge in [-0.05, 0) is 47.9 Å². The van der Waals surface area contributed by atoms with Crippen molar-refractivity contribution < 1.29 is 9.59 Å². The SMILES string of the molecule is O=C1NC(=S)N(c2ccc(Cl)cc2Cl)C(=O)/C1=C/c1cccs1. The first-order valence-electron chi connectivity index (χ1n) is 6.37. The van der Waals surface area contributed by atoms with E-state index in [0.717, 1.165) is 4.88 Å². The number of anilines is 1. The third kappa shape index (κ3) is 3.16. The lowest BCUT2D eigenvalue weighted by Gasteiger charge is -2.29. The second-order valence-corrected chi connectivity index (χ2v) is 6.78. The van der Waals surface area contributed by atoms with E-state index in [2.05, 4.69) is 5.32 Å². The van der Waals surface area contributed by atoms with E-state index in [-0.39, 0.29) is 15.7 Å². The molecule has 0 aliphatic carbocycles. The van der Waals surface area contributed by atoms with Crippen LogP contribution in [0.4, 0.5) is 5.69 Å². The Balaban J connectivity index is 2.05. The molecule has 2 aromatic rings. The average molecular weight is 383 g/mol. The number of carbonyl (C=O) groups excluding carboxylic acids is 2. The van der Waals surface area contributed by atoms with E-state index in [9.17, 15) is 9.59 Å². The van der Waals surface area contributed by atoms with Gasteiger partial charge in [-0.25, -0.2) is 0 Å². The van der Waals surface area contributed by atoms with Gasteiger partial charge in [0.15, 0.2) is 5.11 Å². The summed E-state index contributed by atoms with van der Waals surface area (Å²) in [5.41, 5.74) is 0.357. The minimum atomic E-state index is -0.533. The first-order chi connectivity index (χ1) is 11.0. The summed E-state index contributed by atoms with van der Waals surface area (Å²) in [6, 6.07) is 8.33. The van der Waals surface area contributed by atoms with Crippen molar-refractivity contribution in [2.24, 2.45) is 0 Å². The largest absolute Gasteiger partial charge is 0.298 e. The zero-order valence-corrected chi connectivity index (χ0v) is 14.5. The maximum absolute atomic E-state index is 12.7. The zero-order chi connectivity index (χ0) is 16.6. The van der Waals surface area contributed by atoms with Crippen LogP contribution in [0.5, 0.6) is 0 Å². The summed E-state index contributed by atoms with van der Waals surface area (Å²) in [5, 5.41) is 5.04. The molecule has 0 bridgehead atoms. The predicted molar refractivity (Wildman–Crippen MR) is 97.0 cm³/mol. The van der Waals surface area contributed by atoms with Crippen molar-refractivity contribution in [3.05, 3.63) is 56.2 Å². The second-order valence-electron chi connectivity index (χ2n) is 4.57. The van der Waals surface area contributed by atoms with Gasteiger partial charge in [0, 0.05) is 9.90 Å². The number of rotatable bonds is 2. The van der Waals surface area contributed by atoms with Crippen LogP contribution in [-0.4, -0.2) is 16.9 Å². The molecule has 0 radical (unpaired) electrons. The number of carbonyl (C=O) groups is 2. The highest BCUT2D eigenvalue weighted by Gasteiger charge is 2.35. The van der Waals surface area contributed by atoms with Gasteiger partial charge in [-0.2, -0.15) is 0 Å². The van der Waals surface area contributed by atoms with Crippen molar-refractivity contribution >= 4 is 75.4 Å². The minimum absolute atomic E-state index is 0.00735. The molecule has 1 aromatic heterocycles. The molecule has 8 heteroatoms. The van der Waals surface area contributed by atoms with E-state index in [4.69, 9.17) is 35.4 Å². The number of thiocarbonyl (C=S) groups is 1. The van der Waals surface area contributed by atoms with Crippen molar-refractivity contribution in [2.45, 2.75) is 0 Å². The molecule has 2 heterocycles. The van der Waals surface area contributed by atoms with Gasteiger partial charge in [-0.15, -0.1) is 11.3 Å². The normalized spacial score (nSPS) is 16.9. The fourth-order valence-corrected chi connectivity index (χ4v) is 3.48. The van der Waals surface area contributed by atoms with Crippen LogP contribution in [0.25, 0.3) is 6.08 Å². The molecule has 1 aromatic carbocycles. The minimum Gasteiger partial charge on any atom is -0.298 e. The first-order valence-corrected chi connectivity index (χ1v) is 8.42. The Kier molecular flexibility index (Phi) is 4.50. The summed E-state index contributed by atoms with van der Waals surface area (Å²) in [6.45, 7) is 0. The van der Waals surface area contributed by atoms with Crippen LogP contribution in [0.15, 0.2) is 41.3 Å². The zero-order valence-electron chi connectivity index (χ0n) is 11.4. The summed E-state index contributed by atoms with van der Waals surface area (Å²) in [5.74, 6) is -1.06. The van der Waals surface area contributed by atoms with E-state index in [1.165, 1.54) is 28.4 Å². The molecule has 116 valence electrons. The molecule has 1 aliphatic rings. The smallest absolute Gasteiger partial charge is 0.270 e. The molecule has 0 atom stereocenters. The van der Waals surface area contributed by atoms with E-state index < -0.39 is 11.8 Å². The van der Waals surface area contributed by atoms with Gasteiger partial charge < -0.3 is 0 Å². The van der Waals surface area contributed by atoms with Crippen LogP contribution >= 0.6 is 46.8 Å². The highest BCUT2D eigenvalue weighted by Crippen LogP contribution is 2.31. The molecule has 2 amide bonds. The lowest BCUT2D eigenvalue weighted by atomic mass is 10.1. The van der Waals surface area contributed by atoms with Crippen LogP contribution < -0.4 is 10.2 Å². The fourth-order valence-electron chi connectivity index (χ4n) is 2.05. The van der Waals surface area contributed by atoms with Crippen molar-refractivity contribution in [3.8, 4) is 0 Å². The Morgan fingerprint density at radius 1 is 1.22 bits per heavy atom. The summed E-state index contributed by atoms with van der Waals surface area (Å²) < 4.78 is 0. The number of amides is 2. The quantitative estimate of drug-likeness (QED) is 0.486. The number of benzene rings is 1. The molecule has 0 unspecified atom stereocenters. The highest BCUT2D eigenvalue weighted by atomic mass is 35.5. The molecule has 1 N–H and O–H groups in total. The van der Waals surface area contributed by atoms with E-state index >= 15 is 0 Å². The van der Waals surface area contributed by atoms with Gasteiger partial charge in [0.2, 0.25) is 0 Å². The number of nitrogens with one attached hydrogen (secondary N) is 1. The van der Waals surface area contributed by atoms with E-state index in [0.29, 0.717) is 10.7 Å². The first kappa shape index (κ1) is 16.1. The monoisotopic (exact) mass is 382 g/mol. The molecule has 0 saturated carbocycles. The molecule has 23 heavy (non-hydrogen) atoms. The van der Waals surface area contributed by atoms with E-state index in [1.807, 2.05) is 17.5 Å². The molecule has 3 rings (SSSR count).